The van der Waals surface area contributed by atoms with Gasteiger partial charge in [-0.1, -0.05) is 197 Å². The van der Waals surface area contributed by atoms with E-state index in [2.05, 4.69) is 62.5 Å². The van der Waals surface area contributed by atoms with Crippen molar-refractivity contribution in [2.24, 2.45) is 0 Å². The zero-order chi connectivity index (χ0) is 46.2. The molecule has 0 aromatic heterocycles. The maximum Gasteiger partial charge on any atom is 0.472 e. The molecule has 0 aliphatic rings. The lowest BCUT2D eigenvalue weighted by molar-refractivity contribution is -0.161. The number of ether oxygens (including phenoxy) is 2. The second kappa shape index (κ2) is 47.9. The Kier molecular flexibility index (Phi) is 46.3. The van der Waals surface area contributed by atoms with Crippen LogP contribution in [0.4, 0.5) is 0 Å². The zero-order valence-electron chi connectivity index (χ0n) is 40.3. The van der Waals surface area contributed by atoms with Crippen molar-refractivity contribution in [3.8, 4) is 0 Å². The fourth-order valence-electron chi connectivity index (χ4n) is 7.06. The third-order valence-electron chi connectivity index (χ3n) is 11.0. The minimum absolute atomic E-state index is 0.173. The van der Waals surface area contributed by atoms with Gasteiger partial charge in [0.2, 0.25) is 0 Å². The molecule has 3 N–H and O–H groups in total. The molecule has 0 aliphatic heterocycles. The number of carbonyl (C=O) groups is 2. The molecule has 0 fully saturated rings. The quantitative estimate of drug-likeness (QED) is 0.0233. The van der Waals surface area contributed by atoms with E-state index in [0.717, 1.165) is 70.6 Å². The maximum atomic E-state index is 12.7. The summed E-state index contributed by atoms with van der Waals surface area (Å²) in [7, 11) is -4.63. The van der Waals surface area contributed by atoms with Crippen molar-refractivity contribution < 1.29 is 47.8 Å². The van der Waals surface area contributed by atoms with Crippen LogP contribution in [0.25, 0.3) is 0 Å². The molecule has 63 heavy (non-hydrogen) atoms. The Hall–Kier alpha value is -2.07. The second-order valence-electron chi connectivity index (χ2n) is 17.2. The van der Waals surface area contributed by atoms with Crippen LogP contribution in [0, 0.1) is 0 Å². The van der Waals surface area contributed by atoms with Gasteiger partial charge in [-0.25, -0.2) is 4.57 Å². The molecule has 0 amide bonds. The molecule has 0 spiro atoms. The van der Waals surface area contributed by atoms with E-state index in [4.69, 9.17) is 23.6 Å². The molecule has 0 heterocycles. The van der Waals surface area contributed by atoms with Gasteiger partial charge in [0.15, 0.2) is 6.10 Å². The number of phosphoric acid groups is 1. The van der Waals surface area contributed by atoms with E-state index in [1.807, 2.05) is 0 Å². The summed E-state index contributed by atoms with van der Waals surface area (Å²) in [5, 5.41) is 18.4. The second-order valence-corrected chi connectivity index (χ2v) is 18.6. The number of hydrogen-bond donors (Lipinski definition) is 3. The third kappa shape index (κ3) is 47.7. The average molecular weight is 911 g/mol. The van der Waals surface area contributed by atoms with Crippen LogP contribution >= 0.6 is 7.82 Å². The van der Waals surface area contributed by atoms with Crippen LogP contribution in [-0.4, -0.2) is 65.7 Å². The van der Waals surface area contributed by atoms with Crippen molar-refractivity contribution in [3.63, 3.8) is 0 Å². The fraction of sp³-hybridized carbons (Fsp3) is 0.808. The predicted octanol–water partition coefficient (Wildman–Crippen LogP) is 14.5. The maximum absolute atomic E-state index is 12.7. The van der Waals surface area contributed by atoms with Crippen LogP contribution < -0.4 is 0 Å². The molecule has 0 aliphatic carbocycles. The van der Waals surface area contributed by atoms with Crippen LogP contribution in [0.5, 0.6) is 0 Å². The summed E-state index contributed by atoms with van der Waals surface area (Å²) < 4.78 is 32.9. The van der Waals surface area contributed by atoms with E-state index < -0.39 is 51.8 Å². The number of aliphatic hydroxyl groups is 2. The van der Waals surface area contributed by atoms with Gasteiger partial charge in [-0.05, 0) is 70.6 Å². The number of phosphoric ester groups is 1. The van der Waals surface area contributed by atoms with Gasteiger partial charge < -0.3 is 24.6 Å². The first-order valence-corrected chi connectivity index (χ1v) is 27.1. The average Bonchev–Trinajstić information content (AvgIpc) is 3.27. The third-order valence-corrected chi connectivity index (χ3v) is 11.9. The van der Waals surface area contributed by atoms with E-state index in [0.29, 0.717) is 12.8 Å². The minimum Gasteiger partial charge on any atom is -0.462 e. The van der Waals surface area contributed by atoms with Crippen molar-refractivity contribution in [2.75, 3.05) is 26.4 Å². The largest absolute Gasteiger partial charge is 0.472 e. The smallest absolute Gasteiger partial charge is 0.462 e. The predicted molar refractivity (Wildman–Crippen MR) is 261 cm³/mol. The number of esters is 2. The summed E-state index contributed by atoms with van der Waals surface area (Å²) in [6, 6.07) is 0. The van der Waals surface area contributed by atoms with Crippen molar-refractivity contribution >= 4 is 19.8 Å². The van der Waals surface area contributed by atoms with Gasteiger partial charge in [0, 0.05) is 12.8 Å². The number of carbonyl (C=O) groups excluding carboxylic acids is 2. The molecule has 11 heteroatoms. The number of unbranched alkanes of at least 4 members (excludes halogenated alkanes) is 26. The van der Waals surface area contributed by atoms with Gasteiger partial charge in [0.1, 0.15) is 12.7 Å². The topological polar surface area (TPSA) is 149 Å². The Bertz CT molecular complexity index is 1190. The Balaban J connectivity index is 4.16. The highest BCUT2D eigenvalue weighted by molar-refractivity contribution is 7.47. The molecule has 3 atom stereocenters. The van der Waals surface area contributed by atoms with Crippen molar-refractivity contribution in [3.05, 3.63) is 48.6 Å². The fourth-order valence-corrected chi connectivity index (χ4v) is 7.85. The van der Waals surface area contributed by atoms with Gasteiger partial charge in [0.05, 0.1) is 19.8 Å². The Labute approximate surface area is 385 Å². The summed E-state index contributed by atoms with van der Waals surface area (Å²) in [5.41, 5.74) is 0. The zero-order valence-corrected chi connectivity index (χ0v) is 41.2. The molecule has 3 unspecified atom stereocenters. The first kappa shape index (κ1) is 60.9. The molecule has 0 saturated carbocycles. The Morgan fingerprint density at radius 3 is 1.33 bits per heavy atom. The van der Waals surface area contributed by atoms with Crippen LogP contribution in [0.2, 0.25) is 0 Å². The standard InChI is InChI=1S/C52H95O10P/c1-3-5-7-9-11-13-15-17-19-21-22-23-24-25-26-28-29-31-33-35-37-39-41-43-51(55)59-47-50(48-61-63(57,58)60-46-49(54)45-53)62-52(56)44-42-40-38-36-34-32-30-27-20-18-16-14-12-10-8-6-4-2/h6,8,12,14,18,20-22,49-50,53-54H,3-5,7,9-11,13,15-17,19,23-48H2,1-2H3,(H,57,58)/b8-6-,14-12-,20-18-,22-21-. The number of allylic oxidation sites excluding steroid dienone is 8. The van der Waals surface area contributed by atoms with E-state index in [1.54, 1.807) is 0 Å². The van der Waals surface area contributed by atoms with Crippen LogP contribution in [-0.2, 0) is 32.7 Å². The molecule has 0 saturated heterocycles. The lowest BCUT2D eigenvalue weighted by atomic mass is 10.0. The number of aliphatic hydroxyl groups excluding tert-OH is 2. The first-order chi connectivity index (χ1) is 30.7. The summed E-state index contributed by atoms with van der Waals surface area (Å²) >= 11 is 0. The highest BCUT2D eigenvalue weighted by atomic mass is 31.2. The lowest BCUT2D eigenvalue weighted by Crippen LogP contribution is -2.29. The summed E-state index contributed by atoms with van der Waals surface area (Å²) in [6.45, 7) is 2.29. The van der Waals surface area contributed by atoms with Crippen molar-refractivity contribution in [2.45, 2.75) is 244 Å². The van der Waals surface area contributed by atoms with Gasteiger partial charge in [0.25, 0.3) is 0 Å². The van der Waals surface area contributed by atoms with E-state index in [1.165, 1.54) is 122 Å². The molecule has 0 aromatic carbocycles. The van der Waals surface area contributed by atoms with Crippen molar-refractivity contribution in [1.29, 1.82) is 0 Å². The summed E-state index contributed by atoms with van der Waals surface area (Å²) in [6.07, 6.45) is 53.7. The molecule has 368 valence electrons. The minimum atomic E-state index is -4.63. The van der Waals surface area contributed by atoms with E-state index in [-0.39, 0.29) is 19.4 Å². The normalized spacial score (nSPS) is 14.0. The van der Waals surface area contributed by atoms with E-state index in [9.17, 15) is 24.2 Å². The summed E-state index contributed by atoms with van der Waals surface area (Å²) in [5.74, 6) is -0.931. The highest BCUT2D eigenvalue weighted by Crippen LogP contribution is 2.43. The summed E-state index contributed by atoms with van der Waals surface area (Å²) in [4.78, 5) is 35.2. The van der Waals surface area contributed by atoms with Crippen LogP contribution in [0.15, 0.2) is 48.6 Å². The van der Waals surface area contributed by atoms with Crippen molar-refractivity contribution in [1.82, 2.24) is 0 Å². The monoisotopic (exact) mass is 911 g/mol. The lowest BCUT2D eigenvalue weighted by Gasteiger charge is -2.20. The molecule has 0 bridgehead atoms. The number of hydrogen-bond acceptors (Lipinski definition) is 9. The van der Waals surface area contributed by atoms with Gasteiger partial charge >= 0.3 is 19.8 Å². The molecule has 0 radical (unpaired) electrons. The highest BCUT2D eigenvalue weighted by Gasteiger charge is 2.27. The molecule has 10 nitrogen and oxygen atoms in total. The Morgan fingerprint density at radius 2 is 0.873 bits per heavy atom. The molecular formula is C52H95O10P. The van der Waals surface area contributed by atoms with E-state index >= 15 is 0 Å². The molecule has 0 aromatic rings. The van der Waals surface area contributed by atoms with Gasteiger partial charge in [-0.3, -0.25) is 18.6 Å². The number of rotatable bonds is 48. The van der Waals surface area contributed by atoms with Crippen LogP contribution in [0.1, 0.15) is 232 Å². The first-order valence-electron chi connectivity index (χ1n) is 25.6. The molecular weight excluding hydrogens is 816 g/mol. The SMILES string of the molecule is CC/C=C\C/C=C\C/C=C\CCCCCCCCCC(=O)OC(COC(=O)CCCCCCCCCCCCC/C=C\CCCCCCCCCC)COP(=O)(O)OCC(O)CO. The van der Waals surface area contributed by atoms with Gasteiger partial charge in [-0.2, -0.15) is 0 Å². The Morgan fingerprint density at radius 1 is 0.492 bits per heavy atom. The van der Waals surface area contributed by atoms with Gasteiger partial charge in [-0.15, -0.1) is 0 Å². The van der Waals surface area contributed by atoms with Crippen LogP contribution in [0.3, 0.4) is 0 Å². The molecule has 0 rings (SSSR count).